The highest BCUT2D eigenvalue weighted by atomic mass is 19.1. The van der Waals surface area contributed by atoms with Crippen molar-refractivity contribution < 1.29 is 13.9 Å². The van der Waals surface area contributed by atoms with E-state index in [1.54, 1.807) is 24.5 Å². The lowest BCUT2D eigenvalue weighted by molar-refractivity contribution is 0.339. The van der Waals surface area contributed by atoms with Crippen LogP contribution in [-0.4, -0.2) is 65.3 Å². The summed E-state index contributed by atoms with van der Waals surface area (Å²) in [6.07, 6.45) is 3.44. The SMILES string of the molecule is COc1nc(OC)nc(N2CCN(c3ncc([C@@](C)(N)c4ccc(F)cc4)cn3)CC2)n1. The lowest BCUT2D eigenvalue weighted by Gasteiger charge is -2.35. The van der Waals surface area contributed by atoms with Crippen molar-refractivity contribution >= 4 is 11.9 Å². The van der Waals surface area contributed by atoms with Gasteiger partial charge in [0.25, 0.3) is 0 Å². The molecule has 2 N–H and O–H groups in total. The van der Waals surface area contributed by atoms with E-state index in [2.05, 4.69) is 29.8 Å². The van der Waals surface area contributed by atoms with Crippen molar-refractivity contribution in [1.29, 1.82) is 0 Å². The van der Waals surface area contributed by atoms with Crippen molar-refractivity contribution in [2.24, 2.45) is 5.73 Å². The zero-order valence-corrected chi connectivity index (χ0v) is 18.2. The lowest BCUT2D eigenvalue weighted by Crippen LogP contribution is -2.47. The molecular weight excluding hydrogens is 415 g/mol. The number of hydrogen-bond donors (Lipinski definition) is 1. The minimum atomic E-state index is -0.832. The molecule has 4 rings (SSSR count). The lowest BCUT2D eigenvalue weighted by atomic mass is 9.87. The maximum atomic E-state index is 13.3. The molecule has 0 spiro atoms. The maximum Gasteiger partial charge on any atom is 0.324 e. The van der Waals surface area contributed by atoms with E-state index in [4.69, 9.17) is 15.2 Å². The van der Waals surface area contributed by atoms with Crippen LogP contribution in [0.1, 0.15) is 18.1 Å². The number of aromatic nitrogens is 5. The highest BCUT2D eigenvalue weighted by molar-refractivity contribution is 5.41. The van der Waals surface area contributed by atoms with Gasteiger partial charge in [-0.25, -0.2) is 14.4 Å². The van der Waals surface area contributed by atoms with Crippen molar-refractivity contribution in [3.8, 4) is 12.0 Å². The van der Waals surface area contributed by atoms with E-state index in [0.717, 1.165) is 11.1 Å². The van der Waals surface area contributed by atoms with Gasteiger partial charge in [-0.05, 0) is 24.6 Å². The van der Waals surface area contributed by atoms with Gasteiger partial charge in [0.05, 0.1) is 19.8 Å². The number of benzene rings is 1. The van der Waals surface area contributed by atoms with E-state index in [0.29, 0.717) is 38.1 Å². The summed E-state index contributed by atoms with van der Waals surface area (Å²) >= 11 is 0. The molecule has 0 amide bonds. The molecule has 11 heteroatoms. The average Bonchev–Trinajstić information content (AvgIpc) is 2.84. The molecule has 3 heterocycles. The summed E-state index contributed by atoms with van der Waals surface area (Å²) in [5.41, 5.74) is 7.20. The molecule has 0 saturated carbocycles. The van der Waals surface area contributed by atoms with Crippen LogP contribution in [0.25, 0.3) is 0 Å². The van der Waals surface area contributed by atoms with Gasteiger partial charge in [-0.2, -0.15) is 9.97 Å². The van der Waals surface area contributed by atoms with Gasteiger partial charge in [0.15, 0.2) is 0 Å². The van der Waals surface area contributed by atoms with E-state index in [1.165, 1.54) is 26.4 Å². The largest absolute Gasteiger partial charge is 0.467 e. The summed E-state index contributed by atoms with van der Waals surface area (Å²) in [5, 5.41) is 0. The molecule has 1 aliphatic heterocycles. The summed E-state index contributed by atoms with van der Waals surface area (Å²) in [4.78, 5) is 25.8. The third-order valence-corrected chi connectivity index (χ3v) is 5.47. The van der Waals surface area contributed by atoms with Crippen LogP contribution in [0.2, 0.25) is 0 Å². The van der Waals surface area contributed by atoms with Crippen molar-refractivity contribution in [1.82, 2.24) is 24.9 Å². The van der Waals surface area contributed by atoms with Crippen LogP contribution >= 0.6 is 0 Å². The Morgan fingerprint density at radius 1 is 0.812 bits per heavy atom. The van der Waals surface area contributed by atoms with Crippen LogP contribution in [-0.2, 0) is 5.54 Å². The van der Waals surface area contributed by atoms with Crippen LogP contribution in [0.4, 0.5) is 16.3 Å². The predicted molar refractivity (Wildman–Crippen MR) is 116 cm³/mol. The number of rotatable bonds is 6. The molecule has 1 saturated heterocycles. The molecule has 168 valence electrons. The molecule has 10 nitrogen and oxygen atoms in total. The summed E-state index contributed by atoms with van der Waals surface area (Å²) in [5.74, 6) is 0.821. The number of anilines is 2. The topological polar surface area (TPSA) is 115 Å². The molecule has 0 radical (unpaired) electrons. The van der Waals surface area contributed by atoms with E-state index >= 15 is 0 Å². The van der Waals surface area contributed by atoms with Crippen molar-refractivity contribution in [3.05, 3.63) is 53.6 Å². The Morgan fingerprint density at radius 3 is 1.81 bits per heavy atom. The fourth-order valence-corrected chi connectivity index (χ4v) is 3.47. The molecule has 2 aromatic heterocycles. The molecule has 3 aromatic rings. The van der Waals surface area contributed by atoms with Gasteiger partial charge in [-0.1, -0.05) is 12.1 Å². The Labute approximate surface area is 185 Å². The predicted octanol–water partition coefficient (Wildman–Crippen LogP) is 1.37. The molecule has 1 atom stereocenters. The zero-order valence-electron chi connectivity index (χ0n) is 18.2. The Kier molecular flexibility index (Phi) is 5.99. The first-order valence-electron chi connectivity index (χ1n) is 10.1. The maximum absolute atomic E-state index is 13.3. The minimum Gasteiger partial charge on any atom is -0.467 e. The number of nitrogens with two attached hydrogens (primary N) is 1. The molecular formula is C21H25FN8O2. The third-order valence-electron chi connectivity index (χ3n) is 5.47. The molecule has 32 heavy (non-hydrogen) atoms. The van der Waals surface area contributed by atoms with Gasteiger partial charge in [0, 0.05) is 44.1 Å². The molecule has 0 bridgehead atoms. The van der Waals surface area contributed by atoms with Crippen LogP contribution in [0.5, 0.6) is 12.0 Å². The van der Waals surface area contributed by atoms with Gasteiger partial charge in [0.2, 0.25) is 11.9 Å². The van der Waals surface area contributed by atoms with Crippen LogP contribution in [0, 0.1) is 5.82 Å². The highest BCUT2D eigenvalue weighted by Crippen LogP contribution is 2.26. The molecule has 1 aromatic carbocycles. The second kappa shape index (κ2) is 8.87. The second-order valence-electron chi connectivity index (χ2n) is 7.56. The first-order chi connectivity index (χ1) is 15.4. The molecule has 1 aliphatic rings. The zero-order chi connectivity index (χ0) is 22.7. The summed E-state index contributed by atoms with van der Waals surface area (Å²) < 4.78 is 23.5. The standard InChI is InChI=1S/C21H25FN8O2/c1-21(23,14-4-6-16(22)7-5-14)15-12-24-17(25-13-15)29-8-10-30(11-9-29)18-26-19(31-2)28-20(27-18)32-3/h4-7,12-13H,8-11,23H2,1-3H3/t21-/m0/s1. The van der Waals surface area contributed by atoms with Crippen LogP contribution < -0.4 is 25.0 Å². The Morgan fingerprint density at radius 2 is 1.31 bits per heavy atom. The van der Waals surface area contributed by atoms with Crippen molar-refractivity contribution in [2.75, 3.05) is 50.2 Å². The number of methoxy groups -OCH3 is 2. The van der Waals surface area contributed by atoms with Crippen molar-refractivity contribution in [3.63, 3.8) is 0 Å². The Bertz CT molecular complexity index is 1030. The summed E-state index contributed by atoms with van der Waals surface area (Å²) in [7, 11) is 3.00. The summed E-state index contributed by atoms with van der Waals surface area (Å²) in [6, 6.07) is 6.55. The normalized spacial score (nSPS) is 15.9. The number of piperazine rings is 1. The van der Waals surface area contributed by atoms with Gasteiger partial charge >= 0.3 is 12.0 Å². The van der Waals surface area contributed by atoms with E-state index < -0.39 is 5.54 Å². The average molecular weight is 440 g/mol. The van der Waals surface area contributed by atoms with E-state index in [1.807, 2.05) is 11.8 Å². The van der Waals surface area contributed by atoms with E-state index in [-0.39, 0.29) is 17.8 Å². The highest BCUT2D eigenvalue weighted by Gasteiger charge is 2.26. The first kappa shape index (κ1) is 21.6. The van der Waals surface area contributed by atoms with Gasteiger partial charge in [0.1, 0.15) is 5.82 Å². The Balaban J connectivity index is 1.44. The quantitative estimate of drug-likeness (QED) is 0.602. The molecule has 0 unspecified atom stereocenters. The first-order valence-corrected chi connectivity index (χ1v) is 10.1. The Hall–Kier alpha value is -3.60. The second-order valence-corrected chi connectivity index (χ2v) is 7.56. The number of ether oxygens (including phenoxy) is 2. The van der Waals surface area contributed by atoms with Gasteiger partial charge < -0.3 is 25.0 Å². The molecule has 0 aliphatic carbocycles. The van der Waals surface area contributed by atoms with Crippen LogP contribution in [0.15, 0.2) is 36.7 Å². The van der Waals surface area contributed by atoms with Crippen LogP contribution in [0.3, 0.4) is 0 Å². The smallest absolute Gasteiger partial charge is 0.324 e. The fourth-order valence-electron chi connectivity index (χ4n) is 3.47. The monoisotopic (exact) mass is 440 g/mol. The summed E-state index contributed by atoms with van der Waals surface area (Å²) in [6.45, 7) is 4.58. The number of hydrogen-bond acceptors (Lipinski definition) is 10. The number of halogens is 1. The minimum absolute atomic E-state index is 0.208. The van der Waals surface area contributed by atoms with Crippen molar-refractivity contribution in [2.45, 2.75) is 12.5 Å². The van der Waals surface area contributed by atoms with E-state index in [9.17, 15) is 4.39 Å². The number of nitrogens with zero attached hydrogens (tertiary/aromatic N) is 7. The fraction of sp³-hybridized carbons (Fsp3) is 0.381. The third kappa shape index (κ3) is 4.37. The van der Waals surface area contributed by atoms with Gasteiger partial charge in [-0.3, -0.25) is 0 Å². The molecule has 1 fully saturated rings. The van der Waals surface area contributed by atoms with Gasteiger partial charge in [-0.15, -0.1) is 4.98 Å².